The van der Waals surface area contributed by atoms with Gasteiger partial charge in [-0.3, -0.25) is 0 Å². The molecule has 11 aromatic carbocycles. The summed E-state index contributed by atoms with van der Waals surface area (Å²) in [5, 5.41) is 20.7. The van der Waals surface area contributed by atoms with E-state index in [4.69, 9.17) is 15.0 Å². The van der Waals surface area contributed by atoms with Crippen LogP contribution in [0.5, 0.6) is 0 Å². The highest BCUT2D eigenvalue weighted by Gasteiger charge is 2.25. The Balaban J connectivity index is 1.30. The predicted molar refractivity (Wildman–Crippen MR) is 219 cm³/mol. The van der Waals surface area contributed by atoms with E-state index in [0.29, 0.717) is 17.5 Å². The van der Waals surface area contributed by atoms with Crippen LogP contribution in [0.2, 0.25) is 0 Å². The lowest BCUT2D eigenvalue weighted by molar-refractivity contribution is 1.07. The molecule has 0 aliphatic rings. The zero-order chi connectivity index (χ0) is 33.9. The van der Waals surface area contributed by atoms with Crippen LogP contribution in [0.3, 0.4) is 0 Å². The van der Waals surface area contributed by atoms with Crippen molar-refractivity contribution in [2.24, 2.45) is 0 Å². The number of aromatic nitrogens is 3. The zero-order valence-electron chi connectivity index (χ0n) is 27.9. The fraction of sp³-hybridized carbons (Fsp3) is 0. The van der Waals surface area contributed by atoms with Crippen LogP contribution in [0.15, 0.2) is 164 Å². The van der Waals surface area contributed by atoms with E-state index in [-0.39, 0.29) is 0 Å². The van der Waals surface area contributed by atoms with Gasteiger partial charge in [0.25, 0.3) is 0 Å². The van der Waals surface area contributed by atoms with Crippen molar-refractivity contribution >= 4 is 86.2 Å². The summed E-state index contributed by atoms with van der Waals surface area (Å²) in [7, 11) is 0. The van der Waals surface area contributed by atoms with Gasteiger partial charge in [0.1, 0.15) is 0 Å². The summed E-state index contributed by atoms with van der Waals surface area (Å²) in [6.45, 7) is 0. The van der Waals surface area contributed by atoms with Crippen molar-refractivity contribution < 1.29 is 0 Å². The maximum atomic E-state index is 5.14. The van der Waals surface area contributed by atoms with Crippen molar-refractivity contribution in [3.8, 4) is 34.2 Å². The average Bonchev–Trinajstić information content (AvgIpc) is 3.23. The van der Waals surface area contributed by atoms with Crippen molar-refractivity contribution in [1.82, 2.24) is 15.0 Å². The molecule has 52 heavy (non-hydrogen) atoms. The quantitative estimate of drug-likeness (QED) is 0.140. The van der Waals surface area contributed by atoms with Gasteiger partial charge < -0.3 is 0 Å². The Kier molecular flexibility index (Phi) is 5.50. The topological polar surface area (TPSA) is 38.7 Å². The van der Waals surface area contributed by atoms with E-state index in [9.17, 15) is 0 Å². The summed E-state index contributed by atoms with van der Waals surface area (Å²) < 4.78 is 0. The highest BCUT2D eigenvalue weighted by Crippen LogP contribution is 2.53. The number of rotatable bonds is 3. The Morgan fingerprint density at radius 3 is 1.00 bits per heavy atom. The van der Waals surface area contributed by atoms with Gasteiger partial charge in [0, 0.05) is 16.7 Å². The first-order valence-electron chi connectivity index (χ1n) is 17.8. The lowest BCUT2D eigenvalue weighted by atomic mass is 9.79. The molecule has 0 aliphatic heterocycles. The predicted octanol–water partition coefficient (Wildman–Crippen LogP) is 13.0. The fourth-order valence-corrected chi connectivity index (χ4v) is 9.04. The monoisotopic (exact) mass is 657 g/mol. The molecule has 1 aromatic heterocycles. The van der Waals surface area contributed by atoms with E-state index in [1.165, 1.54) is 86.2 Å². The second-order valence-electron chi connectivity index (χ2n) is 13.8. The lowest BCUT2D eigenvalue weighted by Crippen LogP contribution is -2.00. The van der Waals surface area contributed by atoms with Crippen LogP contribution in [-0.2, 0) is 0 Å². The molecule has 0 aliphatic carbocycles. The van der Waals surface area contributed by atoms with E-state index < -0.39 is 0 Å². The second-order valence-corrected chi connectivity index (χ2v) is 13.8. The number of fused-ring (bicyclic) bond motifs is 10. The van der Waals surface area contributed by atoms with E-state index >= 15 is 0 Å². The molecular weight excluding hydrogens is 631 g/mol. The molecule has 0 spiro atoms. The van der Waals surface area contributed by atoms with Gasteiger partial charge in [-0.15, -0.1) is 0 Å². The molecule has 0 bridgehead atoms. The molecule has 0 saturated carbocycles. The van der Waals surface area contributed by atoms with Crippen LogP contribution in [0.4, 0.5) is 0 Å². The Bertz CT molecular complexity index is 3330. The molecule has 0 saturated heterocycles. The fourth-order valence-electron chi connectivity index (χ4n) is 9.04. The third kappa shape index (κ3) is 3.66. The van der Waals surface area contributed by atoms with Crippen molar-refractivity contribution in [2.75, 3.05) is 0 Å². The van der Waals surface area contributed by atoms with Crippen molar-refractivity contribution in [1.29, 1.82) is 0 Å². The molecule has 0 N–H and O–H groups in total. The average molecular weight is 658 g/mol. The highest BCUT2D eigenvalue weighted by atomic mass is 15.0. The van der Waals surface area contributed by atoms with Gasteiger partial charge >= 0.3 is 0 Å². The summed E-state index contributed by atoms with van der Waals surface area (Å²) in [4.78, 5) is 15.2. The van der Waals surface area contributed by atoms with Crippen molar-refractivity contribution in [2.45, 2.75) is 0 Å². The van der Waals surface area contributed by atoms with Crippen LogP contribution in [0.25, 0.3) is 120 Å². The molecule has 0 amide bonds. The smallest absolute Gasteiger partial charge is 0.164 e. The summed E-state index contributed by atoms with van der Waals surface area (Å²) in [6, 6.07) is 58.8. The Morgan fingerprint density at radius 1 is 0.212 bits per heavy atom. The second kappa shape index (κ2) is 10.3. The van der Waals surface area contributed by atoms with E-state index in [1.54, 1.807) is 0 Å². The van der Waals surface area contributed by atoms with Gasteiger partial charge in [-0.25, -0.2) is 15.0 Å². The summed E-state index contributed by atoms with van der Waals surface area (Å²) in [5.41, 5.74) is 2.88. The standard InChI is InChI=1S/C49H27N3/c1-3-13-28(14-4-1)47-50-48(29-15-5-2-6-16-29)52-49(51-47)30-25-26-39-40(27-30)44-34-20-10-8-18-32(34)36-22-12-24-38-37-23-11-21-35-31-17-7-9-19-33(31)43(39)45(41(35)37)46(44)42(36)38/h1-27H. The maximum absolute atomic E-state index is 5.14. The van der Waals surface area contributed by atoms with Crippen LogP contribution < -0.4 is 0 Å². The third-order valence-electron chi connectivity index (χ3n) is 11.2. The molecule has 12 aromatic rings. The highest BCUT2D eigenvalue weighted by molar-refractivity contribution is 6.52. The Morgan fingerprint density at radius 2 is 0.538 bits per heavy atom. The largest absolute Gasteiger partial charge is 0.208 e. The first-order valence-corrected chi connectivity index (χ1v) is 17.8. The first-order chi connectivity index (χ1) is 25.8. The third-order valence-corrected chi connectivity index (χ3v) is 11.2. The van der Waals surface area contributed by atoms with Gasteiger partial charge in [0.05, 0.1) is 0 Å². The normalized spacial score (nSPS) is 12.2. The van der Waals surface area contributed by atoms with Crippen LogP contribution in [-0.4, -0.2) is 15.0 Å². The molecule has 3 nitrogen and oxygen atoms in total. The van der Waals surface area contributed by atoms with Crippen LogP contribution in [0, 0.1) is 0 Å². The number of hydrogen-bond donors (Lipinski definition) is 0. The van der Waals surface area contributed by atoms with Crippen molar-refractivity contribution in [3.63, 3.8) is 0 Å². The summed E-state index contributed by atoms with van der Waals surface area (Å²) in [6.07, 6.45) is 0. The van der Waals surface area contributed by atoms with Crippen molar-refractivity contribution in [3.05, 3.63) is 164 Å². The van der Waals surface area contributed by atoms with E-state index in [0.717, 1.165) is 16.7 Å². The maximum Gasteiger partial charge on any atom is 0.164 e. The molecule has 3 heteroatoms. The summed E-state index contributed by atoms with van der Waals surface area (Å²) in [5.74, 6) is 1.98. The van der Waals surface area contributed by atoms with Crippen LogP contribution in [0.1, 0.15) is 0 Å². The SMILES string of the molecule is c1ccc(-c2nc(-c3ccccc3)nc(-c3ccc4c(c3)c3c5ccccc5c5cccc6c7cccc8c9ccccc9c4c(c87)c3c56)n2)cc1. The van der Waals surface area contributed by atoms with Gasteiger partial charge in [0.2, 0.25) is 0 Å². The van der Waals surface area contributed by atoms with Gasteiger partial charge in [-0.05, 0) is 92.2 Å². The molecule has 1 heterocycles. The molecule has 12 rings (SSSR count). The molecular formula is C49H27N3. The molecule has 0 unspecified atom stereocenters. The Hall–Kier alpha value is -6.97. The van der Waals surface area contributed by atoms with Gasteiger partial charge in [-0.1, -0.05) is 158 Å². The molecule has 0 atom stereocenters. The number of benzene rings is 11. The molecule has 0 radical (unpaired) electrons. The van der Waals surface area contributed by atoms with E-state index in [1.807, 2.05) is 36.4 Å². The van der Waals surface area contributed by atoms with Gasteiger partial charge in [-0.2, -0.15) is 0 Å². The zero-order valence-corrected chi connectivity index (χ0v) is 27.9. The first kappa shape index (κ1) is 27.8. The number of nitrogens with zero attached hydrogens (tertiary/aromatic N) is 3. The summed E-state index contributed by atoms with van der Waals surface area (Å²) >= 11 is 0. The van der Waals surface area contributed by atoms with Gasteiger partial charge in [0.15, 0.2) is 17.5 Å². The number of hydrogen-bond acceptors (Lipinski definition) is 3. The Labute approximate surface area is 298 Å². The van der Waals surface area contributed by atoms with Crippen LogP contribution >= 0.6 is 0 Å². The minimum atomic E-state index is 0.659. The molecule has 0 fully saturated rings. The minimum Gasteiger partial charge on any atom is -0.208 e. The minimum absolute atomic E-state index is 0.659. The lowest BCUT2D eigenvalue weighted by Gasteiger charge is -2.23. The molecule has 238 valence electrons. The van der Waals surface area contributed by atoms with E-state index in [2.05, 4.69) is 127 Å².